The second kappa shape index (κ2) is 5.42. The predicted octanol–water partition coefficient (Wildman–Crippen LogP) is 3.55. The van der Waals surface area contributed by atoms with E-state index < -0.39 is 0 Å². The van der Waals surface area contributed by atoms with Crippen molar-refractivity contribution in [2.24, 2.45) is 5.92 Å². The molecule has 3 N–H and O–H groups in total. The van der Waals surface area contributed by atoms with Crippen LogP contribution in [0.3, 0.4) is 0 Å². The van der Waals surface area contributed by atoms with E-state index in [1.807, 2.05) is 32.0 Å². The van der Waals surface area contributed by atoms with Crippen molar-refractivity contribution in [3.05, 3.63) is 23.8 Å². The molecule has 0 spiro atoms. The second-order valence-electron chi connectivity index (χ2n) is 5.85. The molecule has 0 aliphatic rings. The molecule has 3 heteroatoms. The summed E-state index contributed by atoms with van der Waals surface area (Å²) in [6, 6.07) is 5.74. The third kappa shape index (κ3) is 3.49. The number of nitrogens with one attached hydrogen (secondary N) is 1. The molecule has 3 nitrogen and oxygen atoms in total. The average molecular weight is 248 g/mol. The molecule has 0 saturated carbocycles. The van der Waals surface area contributed by atoms with Gasteiger partial charge < -0.3 is 11.1 Å². The maximum atomic E-state index is 11.8. The van der Waals surface area contributed by atoms with Gasteiger partial charge in [0, 0.05) is 17.3 Å². The van der Waals surface area contributed by atoms with Crippen molar-refractivity contribution in [3.8, 4) is 0 Å². The van der Waals surface area contributed by atoms with Gasteiger partial charge in [-0.25, -0.2) is 0 Å². The standard InChI is InChI=1S/C15H24N2O/c1-6-10(2)14(18)17-11-7-8-12(13(16)9-11)15(3,4)5/h7-10H,6,16H2,1-5H3,(H,17,18). The highest BCUT2D eigenvalue weighted by atomic mass is 16.1. The smallest absolute Gasteiger partial charge is 0.227 e. The third-order valence-corrected chi connectivity index (χ3v) is 3.19. The Balaban J connectivity index is 2.89. The normalized spacial score (nSPS) is 13.2. The molecule has 0 saturated heterocycles. The van der Waals surface area contributed by atoms with E-state index in [1.165, 1.54) is 0 Å². The molecular formula is C15H24N2O. The molecule has 100 valence electrons. The molecule has 1 rings (SSSR count). The molecule has 1 aromatic rings. The molecule has 0 heterocycles. The lowest BCUT2D eigenvalue weighted by Crippen LogP contribution is -2.20. The van der Waals surface area contributed by atoms with Crippen LogP contribution in [0.1, 0.15) is 46.6 Å². The first-order valence-electron chi connectivity index (χ1n) is 6.46. The van der Waals surface area contributed by atoms with Gasteiger partial charge in [0.15, 0.2) is 0 Å². The van der Waals surface area contributed by atoms with Gasteiger partial charge in [-0.2, -0.15) is 0 Å². The quantitative estimate of drug-likeness (QED) is 0.804. The van der Waals surface area contributed by atoms with Crippen molar-refractivity contribution >= 4 is 17.3 Å². The van der Waals surface area contributed by atoms with E-state index in [9.17, 15) is 4.79 Å². The van der Waals surface area contributed by atoms with Crippen LogP contribution in [0, 0.1) is 5.92 Å². The van der Waals surface area contributed by atoms with Crippen molar-refractivity contribution in [1.82, 2.24) is 0 Å². The second-order valence-corrected chi connectivity index (χ2v) is 5.85. The Morgan fingerprint density at radius 3 is 2.44 bits per heavy atom. The fourth-order valence-electron chi connectivity index (χ4n) is 1.77. The zero-order chi connectivity index (χ0) is 13.9. The van der Waals surface area contributed by atoms with Crippen LogP contribution < -0.4 is 11.1 Å². The van der Waals surface area contributed by atoms with Crippen molar-refractivity contribution in [2.75, 3.05) is 11.1 Å². The number of nitrogen functional groups attached to an aromatic ring is 1. The van der Waals surface area contributed by atoms with E-state index in [2.05, 4.69) is 26.1 Å². The first-order chi connectivity index (χ1) is 8.25. The Labute approximate surface area is 110 Å². The predicted molar refractivity (Wildman–Crippen MR) is 77.6 cm³/mol. The Morgan fingerprint density at radius 1 is 1.39 bits per heavy atom. The highest BCUT2D eigenvalue weighted by Crippen LogP contribution is 2.29. The Kier molecular flexibility index (Phi) is 4.38. The summed E-state index contributed by atoms with van der Waals surface area (Å²) in [7, 11) is 0. The molecule has 0 aliphatic heterocycles. The minimum atomic E-state index is 0.0172. The number of anilines is 2. The lowest BCUT2D eigenvalue weighted by atomic mass is 9.86. The number of nitrogens with two attached hydrogens (primary N) is 1. The molecule has 1 unspecified atom stereocenters. The van der Waals surface area contributed by atoms with Crippen LogP contribution in [0.4, 0.5) is 11.4 Å². The zero-order valence-corrected chi connectivity index (χ0v) is 12.0. The van der Waals surface area contributed by atoms with E-state index in [0.29, 0.717) is 0 Å². The first-order valence-corrected chi connectivity index (χ1v) is 6.46. The highest BCUT2D eigenvalue weighted by Gasteiger charge is 2.17. The van der Waals surface area contributed by atoms with Crippen LogP contribution in [-0.4, -0.2) is 5.91 Å². The van der Waals surface area contributed by atoms with Crippen LogP contribution in [0.2, 0.25) is 0 Å². The van der Waals surface area contributed by atoms with Crippen LogP contribution in [0.5, 0.6) is 0 Å². The number of rotatable bonds is 3. The third-order valence-electron chi connectivity index (χ3n) is 3.19. The monoisotopic (exact) mass is 248 g/mol. The van der Waals surface area contributed by atoms with Crippen LogP contribution >= 0.6 is 0 Å². The molecule has 1 amide bonds. The van der Waals surface area contributed by atoms with Gasteiger partial charge >= 0.3 is 0 Å². The molecule has 0 radical (unpaired) electrons. The van der Waals surface area contributed by atoms with Gasteiger partial charge in [0.05, 0.1) is 0 Å². The minimum Gasteiger partial charge on any atom is -0.398 e. The van der Waals surface area contributed by atoms with E-state index in [4.69, 9.17) is 5.73 Å². The summed E-state index contributed by atoms with van der Waals surface area (Å²) in [4.78, 5) is 11.8. The molecule has 1 atom stereocenters. The van der Waals surface area contributed by atoms with E-state index in [-0.39, 0.29) is 17.2 Å². The average Bonchev–Trinajstić information content (AvgIpc) is 2.26. The summed E-state index contributed by atoms with van der Waals surface area (Å²) < 4.78 is 0. The molecule has 0 fully saturated rings. The van der Waals surface area contributed by atoms with Crippen molar-refractivity contribution in [2.45, 2.75) is 46.5 Å². The lowest BCUT2D eigenvalue weighted by Gasteiger charge is -2.22. The zero-order valence-electron chi connectivity index (χ0n) is 12.0. The van der Waals surface area contributed by atoms with Crippen LogP contribution in [0.15, 0.2) is 18.2 Å². The number of carbonyl (C=O) groups is 1. The van der Waals surface area contributed by atoms with Crippen molar-refractivity contribution in [3.63, 3.8) is 0 Å². The summed E-state index contributed by atoms with van der Waals surface area (Å²) in [5, 5.41) is 2.89. The number of hydrogen-bond acceptors (Lipinski definition) is 2. The van der Waals surface area contributed by atoms with Gasteiger partial charge in [0.2, 0.25) is 5.91 Å². The lowest BCUT2D eigenvalue weighted by molar-refractivity contribution is -0.119. The molecule has 18 heavy (non-hydrogen) atoms. The Bertz CT molecular complexity index is 433. The fraction of sp³-hybridized carbons (Fsp3) is 0.533. The Morgan fingerprint density at radius 2 is 2.00 bits per heavy atom. The SMILES string of the molecule is CCC(C)C(=O)Nc1ccc(C(C)(C)C)c(N)c1. The van der Waals surface area contributed by atoms with Gasteiger partial charge in [-0.05, 0) is 29.5 Å². The van der Waals surface area contributed by atoms with E-state index in [1.54, 1.807) is 0 Å². The number of carbonyl (C=O) groups excluding carboxylic acids is 1. The van der Waals surface area contributed by atoms with Gasteiger partial charge in [0.1, 0.15) is 0 Å². The van der Waals surface area contributed by atoms with Crippen molar-refractivity contribution in [1.29, 1.82) is 0 Å². The molecule has 0 aliphatic carbocycles. The number of benzene rings is 1. The van der Waals surface area contributed by atoms with Crippen LogP contribution in [-0.2, 0) is 10.2 Å². The minimum absolute atomic E-state index is 0.0172. The van der Waals surface area contributed by atoms with Gasteiger partial charge in [-0.3, -0.25) is 4.79 Å². The maximum absolute atomic E-state index is 11.8. The number of hydrogen-bond donors (Lipinski definition) is 2. The summed E-state index contributed by atoms with van der Waals surface area (Å²) in [5.74, 6) is 0.0638. The largest absolute Gasteiger partial charge is 0.398 e. The topological polar surface area (TPSA) is 55.1 Å². The molecule has 0 bridgehead atoms. The molecule has 1 aromatic carbocycles. The van der Waals surface area contributed by atoms with Gasteiger partial charge in [-0.15, -0.1) is 0 Å². The molecule has 0 aromatic heterocycles. The summed E-state index contributed by atoms with van der Waals surface area (Å²) in [6.07, 6.45) is 0.835. The number of amides is 1. The van der Waals surface area contributed by atoms with Crippen molar-refractivity contribution < 1.29 is 4.79 Å². The fourth-order valence-corrected chi connectivity index (χ4v) is 1.77. The molecular weight excluding hydrogens is 224 g/mol. The van der Waals surface area contributed by atoms with Crippen LogP contribution in [0.25, 0.3) is 0 Å². The first kappa shape index (κ1) is 14.6. The summed E-state index contributed by atoms with van der Waals surface area (Å²) in [5.41, 5.74) is 8.65. The summed E-state index contributed by atoms with van der Waals surface area (Å²) in [6.45, 7) is 10.3. The van der Waals surface area contributed by atoms with E-state index in [0.717, 1.165) is 23.4 Å². The van der Waals surface area contributed by atoms with Gasteiger partial charge in [0.25, 0.3) is 0 Å². The Hall–Kier alpha value is -1.51. The van der Waals surface area contributed by atoms with Gasteiger partial charge in [-0.1, -0.05) is 40.7 Å². The van der Waals surface area contributed by atoms with E-state index >= 15 is 0 Å². The maximum Gasteiger partial charge on any atom is 0.227 e. The highest BCUT2D eigenvalue weighted by molar-refractivity contribution is 5.92. The summed E-state index contributed by atoms with van der Waals surface area (Å²) >= 11 is 0.